The number of unbranched alkanes of at least 4 members (excludes halogenated alkanes) is 1. The number of rotatable bonds is 8. The van der Waals surface area contributed by atoms with Crippen molar-refractivity contribution in [1.82, 2.24) is 14.5 Å². The first-order valence-electron chi connectivity index (χ1n) is 8.55. The van der Waals surface area contributed by atoms with Crippen LogP contribution in [0, 0.1) is 10.1 Å². The minimum absolute atomic E-state index is 0.0319. The van der Waals surface area contributed by atoms with Crippen LogP contribution in [-0.2, 0) is 23.2 Å². The number of primary sulfonamides is 1. The van der Waals surface area contributed by atoms with Gasteiger partial charge in [0.25, 0.3) is 0 Å². The Morgan fingerprint density at radius 3 is 2.79 bits per heavy atom. The van der Waals surface area contributed by atoms with Crippen LogP contribution in [0.2, 0.25) is 0 Å². The highest BCUT2D eigenvalue weighted by atomic mass is 32.2. The number of nitrogens with zero attached hydrogens (tertiary/aromatic N) is 4. The standard InChI is InChI=1S/C17H19N5O5S/c1-2-3-9-21-14-7-6-12(28(18,25)26)10-13(14)20-16(21)11-27-15-5-4-8-19-17(15)22(23)24/h4-8,10H,2-3,9,11H2,1H3,(H2,18,25,26). The summed E-state index contributed by atoms with van der Waals surface area (Å²) >= 11 is 0. The summed E-state index contributed by atoms with van der Waals surface area (Å²) in [5.41, 5.74) is 1.20. The van der Waals surface area contributed by atoms with Crippen LogP contribution in [0.1, 0.15) is 25.6 Å². The average Bonchev–Trinajstić information content (AvgIpc) is 3.00. The van der Waals surface area contributed by atoms with E-state index in [1.54, 1.807) is 12.1 Å². The fourth-order valence-electron chi connectivity index (χ4n) is 2.79. The number of aryl methyl sites for hydroxylation is 1. The monoisotopic (exact) mass is 405 g/mol. The van der Waals surface area contributed by atoms with Crippen molar-refractivity contribution in [3.63, 3.8) is 0 Å². The Hall–Kier alpha value is -3.05. The molecule has 10 nitrogen and oxygen atoms in total. The molecule has 0 fully saturated rings. The van der Waals surface area contributed by atoms with Crippen molar-refractivity contribution in [2.75, 3.05) is 0 Å². The van der Waals surface area contributed by atoms with Crippen LogP contribution in [0.3, 0.4) is 0 Å². The van der Waals surface area contributed by atoms with Gasteiger partial charge in [0.1, 0.15) is 18.6 Å². The number of nitro groups is 1. The normalized spacial score (nSPS) is 11.6. The molecule has 0 saturated heterocycles. The minimum Gasteiger partial charge on any atom is -0.478 e. The zero-order chi connectivity index (χ0) is 20.3. The van der Waals surface area contributed by atoms with Gasteiger partial charge in [-0.15, -0.1) is 0 Å². The van der Waals surface area contributed by atoms with Crippen molar-refractivity contribution in [3.8, 4) is 5.75 Å². The molecular weight excluding hydrogens is 386 g/mol. The van der Waals surface area contributed by atoms with Crippen molar-refractivity contribution >= 4 is 26.9 Å². The number of nitrogens with two attached hydrogens (primary N) is 1. The molecule has 0 unspecified atom stereocenters. The van der Waals surface area contributed by atoms with E-state index in [-0.39, 0.29) is 23.1 Å². The predicted octanol–water partition coefficient (Wildman–Crippen LogP) is 2.37. The Morgan fingerprint density at radius 2 is 2.11 bits per heavy atom. The van der Waals surface area contributed by atoms with E-state index in [1.807, 2.05) is 11.5 Å². The molecular formula is C17H19N5O5S. The van der Waals surface area contributed by atoms with E-state index in [9.17, 15) is 18.5 Å². The van der Waals surface area contributed by atoms with Crippen molar-refractivity contribution in [2.24, 2.45) is 5.14 Å². The molecule has 0 aliphatic rings. The predicted molar refractivity (Wildman–Crippen MR) is 101 cm³/mol. The fourth-order valence-corrected chi connectivity index (χ4v) is 3.32. The summed E-state index contributed by atoms with van der Waals surface area (Å²) in [5, 5.41) is 16.3. The van der Waals surface area contributed by atoms with Gasteiger partial charge in [-0.05, 0) is 46.7 Å². The molecule has 0 saturated carbocycles. The maximum atomic E-state index is 11.6. The molecule has 3 rings (SSSR count). The van der Waals surface area contributed by atoms with Crippen molar-refractivity contribution in [2.45, 2.75) is 37.8 Å². The molecule has 0 aliphatic heterocycles. The van der Waals surface area contributed by atoms with Gasteiger partial charge in [0.05, 0.1) is 15.9 Å². The smallest absolute Gasteiger partial charge is 0.406 e. The summed E-state index contributed by atoms with van der Waals surface area (Å²) < 4.78 is 30.7. The van der Waals surface area contributed by atoms with Gasteiger partial charge in [0.15, 0.2) is 0 Å². The highest BCUT2D eigenvalue weighted by molar-refractivity contribution is 7.89. The average molecular weight is 405 g/mol. The molecule has 0 spiro atoms. The van der Waals surface area contributed by atoms with Crippen LogP contribution < -0.4 is 9.88 Å². The summed E-state index contributed by atoms with van der Waals surface area (Å²) in [7, 11) is -3.85. The number of fused-ring (bicyclic) bond motifs is 1. The molecule has 0 atom stereocenters. The number of benzene rings is 1. The van der Waals surface area contributed by atoms with Crippen LogP contribution in [0.15, 0.2) is 41.4 Å². The topological polar surface area (TPSA) is 143 Å². The van der Waals surface area contributed by atoms with Crippen LogP contribution >= 0.6 is 0 Å². The number of hydrogen-bond donors (Lipinski definition) is 1. The summed E-state index contributed by atoms with van der Waals surface area (Å²) in [6.45, 7) is 2.67. The Balaban J connectivity index is 1.98. The molecule has 2 heterocycles. The van der Waals surface area contributed by atoms with Gasteiger partial charge >= 0.3 is 5.82 Å². The molecule has 11 heteroatoms. The second kappa shape index (κ2) is 7.90. The molecule has 0 radical (unpaired) electrons. The Morgan fingerprint density at radius 1 is 1.32 bits per heavy atom. The van der Waals surface area contributed by atoms with Gasteiger partial charge in [-0.3, -0.25) is 0 Å². The van der Waals surface area contributed by atoms with Crippen LogP contribution in [0.25, 0.3) is 11.0 Å². The van der Waals surface area contributed by atoms with Gasteiger partial charge in [-0.2, -0.15) is 0 Å². The highest BCUT2D eigenvalue weighted by Crippen LogP contribution is 2.26. The summed E-state index contributed by atoms with van der Waals surface area (Å²) in [4.78, 5) is 18.6. The quantitative estimate of drug-likeness (QED) is 0.447. The number of hydrogen-bond acceptors (Lipinski definition) is 7. The molecule has 28 heavy (non-hydrogen) atoms. The molecule has 2 aromatic heterocycles. The Labute approximate surface area is 161 Å². The molecule has 1 aromatic carbocycles. The van der Waals surface area contributed by atoms with Gasteiger partial charge in [-0.25, -0.2) is 18.5 Å². The first-order chi connectivity index (χ1) is 13.3. The number of pyridine rings is 1. The molecule has 3 aromatic rings. The van der Waals surface area contributed by atoms with E-state index in [0.717, 1.165) is 18.4 Å². The summed E-state index contributed by atoms with van der Waals surface area (Å²) in [5.74, 6) is 0.176. The van der Waals surface area contributed by atoms with Crippen molar-refractivity contribution < 1.29 is 18.1 Å². The lowest BCUT2D eigenvalue weighted by Gasteiger charge is -2.10. The van der Waals surface area contributed by atoms with E-state index in [0.29, 0.717) is 17.9 Å². The Kier molecular flexibility index (Phi) is 5.56. The molecule has 0 aliphatic carbocycles. The zero-order valence-corrected chi connectivity index (χ0v) is 15.9. The lowest BCUT2D eigenvalue weighted by Crippen LogP contribution is -2.11. The SMILES string of the molecule is CCCCn1c(COc2cccnc2[N+](=O)[O-])nc2cc(S(N)(=O)=O)ccc21. The fraction of sp³-hybridized carbons (Fsp3) is 0.294. The van der Waals surface area contributed by atoms with E-state index in [4.69, 9.17) is 9.88 Å². The summed E-state index contributed by atoms with van der Waals surface area (Å²) in [6.07, 6.45) is 3.14. The van der Waals surface area contributed by atoms with Gasteiger partial charge in [0, 0.05) is 6.54 Å². The maximum Gasteiger partial charge on any atom is 0.406 e. The van der Waals surface area contributed by atoms with Gasteiger partial charge in [-0.1, -0.05) is 13.3 Å². The van der Waals surface area contributed by atoms with Crippen molar-refractivity contribution in [1.29, 1.82) is 0 Å². The third kappa shape index (κ3) is 4.10. The van der Waals surface area contributed by atoms with Crippen molar-refractivity contribution in [3.05, 3.63) is 52.5 Å². The molecule has 0 bridgehead atoms. The Bertz CT molecular complexity index is 1130. The van der Waals surface area contributed by atoms with Crippen LogP contribution in [0.5, 0.6) is 5.75 Å². The second-order valence-electron chi connectivity index (χ2n) is 6.10. The van der Waals surface area contributed by atoms with E-state index in [2.05, 4.69) is 9.97 Å². The maximum absolute atomic E-state index is 11.6. The van der Waals surface area contributed by atoms with E-state index in [1.165, 1.54) is 24.4 Å². The third-order valence-corrected chi connectivity index (χ3v) is 5.05. The van der Waals surface area contributed by atoms with Gasteiger partial charge < -0.3 is 19.4 Å². The second-order valence-corrected chi connectivity index (χ2v) is 7.66. The highest BCUT2D eigenvalue weighted by Gasteiger charge is 2.18. The molecule has 2 N–H and O–H groups in total. The number of sulfonamides is 1. The van der Waals surface area contributed by atoms with Crippen LogP contribution in [-0.4, -0.2) is 27.9 Å². The summed E-state index contributed by atoms with van der Waals surface area (Å²) in [6, 6.07) is 7.49. The van der Waals surface area contributed by atoms with E-state index < -0.39 is 14.9 Å². The van der Waals surface area contributed by atoms with Crippen LogP contribution in [0.4, 0.5) is 5.82 Å². The first kappa shape index (κ1) is 19.7. The lowest BCUT2D eigenvalue weighted by molar-refractivity contribution is -0.390. The van der Waals surface area contributed by atoms with Gasteiger partial charge in [0.2, 0.25) is 15.8 Å². The number of ether oxygens (including phenoxy) is 1. The lowest BCUT2D eigenvalue weighted by atomic mass is 10.3. The number of imidazole rings is 1. The third-order valence-electron chi connectivity index (χ3n) is 4.14. The first-order valence-corrected chi connectivity index (χ1v) is 10.1. The zero-order valence-electron chi connectivity index (χ0n) is 15.1. The minimum atomic E-state index is -3.85. The number of aromatic nitrogens is 3. The molecule has 0 amide bonds. The largest absolute Gasteiger partial charge is 0.478 e. The van der Waals surface area contributed by atoms with E-state index >= 15 is 0 Å². The molecule has 148 valence electrons.